The van der Waals surface area contributed by atoms with Crippen molar-refractivity contribution >= 4 is 11.6 Å². The maximum atomic E-state index is 6.47. The molecule has 1 saturated carbocycles. The van der Waals surface area contributed by atoms with Crippen LogP contribution >= 0.6 is 11.6 Å². The summed E-state index contributed by atoms with van der Waals surface area (Å²) in [5.41, 5.74) is 2.91. The normalized spacial score (nSPS) is 19.2. The van der Waals surface area contributed by atoms with Crippen molar-refractivity contribution < 1.29 is 0 Å². The third kappa shape index (κ3) is 2.43. The molecule has 0 radical (unpaired) electrons. The fraction of sp³-hybridized carbons (Fsp3) is 0.600. The number of halogens is 1. The zero-order valence-corrected chi connectivity index (χ0v) is 11.2. The highest BCUT2D eigenvalue weighted by molar-refractivity contribution is 6.21. The Morgan fingerprint density at radius 3 is 2.06 bits per heavy atom. The lowest BCUT2D eigenvalue weighted by Gasteiger charge is -2.30. The Balaban J connectivity index is 2.12. The predicted molar refractivity (Wildman–Crippen MR) is 71.1 cm³/mol. The van der Waals surface area contributed by atoms with E-state index in [1.165, 1.54) is 30.4 Å². The quantitative estimate of drug-likeness (QED) is 0.630. The monoisotopic (exact) mass is 236 g/mol. The van der Waals surface area contributed by atoms with E-state index in [0.717, 1.165) is 0 Å². The summed E-state index contributed by atoms with van der Waals surface area (Å²) in [6.45, 7) is 6.73. The molecule has 1 aromatic rings. The van der Waals surface area contributed by atoms with Gasteiger partial charge in [-0.05, 0) is 35.3 Å². The van der Waals surface area contributed by atoms with Gasteiger partial charge in [-0.15, -0.1) is 11.6 Å². The number of hydrogen-bond acceptors (Lipinski definition) is 0. The van der Waals surface area contributed by atoms with E-state index in [9.17, 15) is 0 Å². The van der Waals surface area contributed by atoms with Crippen molar-refractivity contribution in [2.75, 3.05) is 0 Å². The smallest absolute Gasteiger partial charge is 0.0613 e. The Morgan fingerprint density at radius 2 is 1.69 bits per heavy atom. The third-order valence-electron chi connectivity index (χ3n) is 3.66. The van der Waals surface area contributed by atoms with E-state index in [2.05, 4.69) is 45.0 Å². The largest absolute Gasteiger partial charge is 0.118 e. The van der Waals surface area contributed by atoms with Crippen molar-refractivity contribution in [2.45, 2.75) is 50.8 Å². The van der Waals surface area contributed by atoms with Crippen LogP contribution in [0.15, 0.2) is 24.3 Å². The Hall–Kier alpha value is -0.490. The van der Waals surface area contributed by atoms with Crippen molar-refractivity contribution in [3.63, 3.8) is 0 Å². The highest BCUT2D eigenvalue weighted by Crippen LogP contribution is 2.42. The summed E-state index contributed by atoms with van der Waals surface area (Å²) in [5.74, 6) is 0.710. The van der Waals surface area contributed by atoms with Crippen LogP contribution in [0.5, 0.6) is 0 Å². The van der Waals surface area contributed by atoms with Gasteiger partial charge in [0.1, 0.15) is 0 Å². The van der Waals surface area contributed by atoms with Crippen LogP contribution in [0.4, 0.5) is 0 Å². The summed E-state index contributed by atoms with van der Waals surface area (Å²) >= 11 is 6.47. The highest BCUT2D eigenvalue weighted by atomic mass is 35.5. The molecule has 0 aliphatic heterocycles. The topological polar surface area (TPSA) is 0 Å². The van der Waals surface area contributed by atoms with Gasteiger partial charge in [-0.2, -0.15) is 0 Å². The number of benzene rings is 1. The van der Waals surface area contributed by atoms with Gasteiger partial charge in [0.2, 0.25) is 0 Å². The third-order valence-corrected chi connectivity index (χ3v) is 4.27. The van der Waals surface area contributed by atoms with Gasteiger partial charge in [-0.1, -0.05) is 51.5 Å². The number of hydrogen-bond donors (Lipinski definition) is 0. The molecule has 1 aliphatic rings. The highest BCUT2D eigenvalue weighted by Gasteiger charge is 2.26. The Morgan fingerprint density at radius 1 is 1.12 bits per heavy atom. The first-order chi connectivity index (χ1) is 7.48. The van der Waals surface area contributed by atoms with Gasteiger partial charge in [0, 0.05) is 0 Å². The summed E-state index contributed by atoms with van der Waals surface area (Å²) in [6, 6.07) is 8.86. The molecule has 1 unspecified atom stereocenters. The van der Waals surface area contributed by atoms with Crippen LogP contribution in [0.25, 0.3) is 0 Å². The second-order valence-electron chi connectivity index (χ2n) is 5.96. The molecule has 1 heteroatoms. The molecule has 2 rings (SSSR count). The Labute approximate surface area is 104 Å². The predicted octanol–water partition coefficient (Wildman–Crippen LogP) is 5.06. The Kier molecular flexibility index (Phi) is 3.30. The van der Waals surface area contributed by atoms with Gasteiger partial charge in [-0.25, -0.2) is 0 Å². The average Bonchev–Trinajstić information content (AvgIpc) is 2.14. The molecule has 1 aromatic carbocycles. The SMILES string of the molecule is CC(C)(C)c1ccc(C(Cl)C2CCC2)cc1. The standard InChI is InChI=1S/C15H21Cl/c1-15(2,3)13-9-7-12(8-10-13)14(16)11-5-4-6-11/h7-11,14H,4-6H2,1-3H3. The molecule has 88 valence electrons. The second-order valence-corrected chi connectivity index (χ2v) is 6.43. The molecule has 0 heterocycles. The van der Waals surface area contributed by atoms with E-state index in [1.54, 1.807) is 0 Å². The minimum Gasteiger partial charge on any atom is -0.118 e. The molecular formula is C15H21Cl. The first-order valence-corrected chi connectivity index (χ1v) is 6.66. The molecule has 0 aromatic heterocycles. The Bertz CT molecular complexity index is 341. The molecule has 1 atom stereocenters. The van der Waals surface area contributed by atoms with Crippen molar-refractivity contribution in [3.8, 4) is 0 Å². The average molecular weight is 237 g/mol. The lowest BCUT2D eigenvalue weighted by molar-refractivity contribution is 0.305. The van der Waals surface area contributed by atoms with Gasteiger partial charge in [0.15, 0.2) is 0 Å². The molecule has 0 nitrogen and oxygen atoms in total. The first kappa shape index (κ1) is 12.0. The van der Waals surface area contributed by atoms with E-state index >= 15 is 0 Å². The lowest BCUT2D eigenvalue weighted by Crippen LogP contribution is -2.17. The fourth-order valence-electron chi connectivity index (χ4n) is 2.17. The summed E-state index contributed by atoms with van der Waals surface area (Å²) in [7, 11) is 0. The first-order valence-electron chi connectivity index (χ1n) is 6.23. The fourth-order valence-corrected chi connectivity index (χ4v) is 2.57. The molecule has 0 N–H and O–H groups in total. The van der Waals surface area contributed by atoms with Crippen LogP contribution in [0.2, 0.25) is 0 Å². The lowest BCUT2D eigenvalue weighted by atomic mass is 9.79. The molecule has 16 heavy (non-hydrogen) atoms. The van der Waals surface area contributed by atoms with E-state index in [0.29, 0.717) is 5.92 Å². The van der Waals surface area contributed by atoms with Crippen LogP contribution in [0.1, 0.15) is 56.5 Å². The van der Waals surface area contributed by atoms with Crippen LogP contribution in [-0.2, 0) is 5.41 Å². The van der Waals surface area contributed by atoms with E-state index in [1.807, 2.05) is 0 Å². The molecule has 0 spiro atoms. The summed E-state index contributed by atoms with van der Waals surface area (Å²) in [6.07, 6.45) is 3.96. The summed E-state index contributed by atoms with van der Waals surface area (Å²) in [5, 5.41) is 0.225. The molecule has 0 bridgehead atoms. The van der Waals surface area contributed by atoms with Crippen molar-refractivity contribution in [2.24, 2.45) is 5.92 Å². The zero-order chi connectivity index (χ0) is 11.8. The van der Waals surface area contributed by atoms with E-state index < -0.39 is 0 Å². The van der Waals surface area contributed by atoms with Crippen LogP contribution in [0.3, 0.4) is 0 Å². The van der Waals surface area contributed by atoms with Crippen molar-refractivity contribution in [3.05, 3.63) is 35.4 Å². The van der Waals surface area contributed by atoms with Crippen molar-refractivity contribution in [1.82, 2.24) is 0 Å². The second kappa shape index (κ2) is 4.41. The maximum Gasteiger partial charge on any atom is 0.0613 e. The molecular weight excluding hydrogens is 216 g/mol. The molecule has 0 amide bonds. The van der Waals surface area contributed by atoms with Gasteiger partial charge in [0.05, 0.1) is 5.38 Å². The molecule has 1 fully saturated rings. The minimum atomic E-state index is 0.225. The summed E-state index contributed by atoms with van der Waals surface area (Å²) in [4.78, 5) is 0. The van der Waals surface area contributed by atoms with E-state index in [-0.39, 0.29) is 10.8 Å². The van der Waals surface area contributed by atoms with Gasteiger partial charge < -0.3 is 0 Å². The van der Waals surface area contributed by atoms with Gasteiger partial charge in [0.25, 0.3) is 0 Å². The number of rotatable bonds is 2. The van der Waals surface area contributed by atoms with Crippen LogP contribution < -0.4 is 0 Å². The zero-order valence-electron chi connectivity index (χ0n) is 10.5. The van der Waals surface area contributed by atoms with Gasteiger partial charge >= 0.3 is 0 Å². The number of alkyl halides is 1. The summed E-state index contributed by atoms with van der Waals surface area (Å²) < 4.78 is 0. The molecule has 1 aliphatic carbocycles. The van der Waals surface area contributed by atoms with Gasteiger partial charge in [-0.3, -0.25) is 0 Å². The maximum absolute atomic E-state index is 6.47. The van der Waals surface area contributed by atoms with Crippen LogP contribution in [-0.4, -0.2) is 0 Å². The molecule has 0 saturated heterocycles. The van der Waals surface area contributed by atoms with Crippen LogP contribution in [0, 0.1) is 5.92 Å². The van der Waals surface area contributed by atoms with Crippen molar-refractivity contribution in [1.29, 1.82) is 0 Å². The van der Waals surface area contributed by atoms with E-state index in [4.69, 9.17) is 11.6 Å². The minimum absolute atomic E-state index is 0.225.